The standard InChI is InChI=1S/C17H26N6O2/c1-17(2,3)12-9-18-15(25-12)11-20-16(24)19-10-14-22-21-13-7-5-4-6-8-23(13)14/h9H,4-8,10-11H2,1-3H3,(H2,19,20,24). The molecule has 3 rings (SSSR count). The second-order valence-corrected chi connectivity index (χ2v) is 7.40. The van der Waals surface area contributed by atoms with Crippen LogP contribution >= 0.6 is 0 Å². The van der Waals surface area contributed by atoms with Crippen LogP contribution in [-0.4, -0.2) is 25.8 Å². The summed E-state index contributed by atoms with van der Waals surface area (Å²) in [4.78, 5) is 16.2. The maximum absolute atomic E-state index is 12.0. The van der Waals surface area contributed by atoms with Crippen LogP contribution in [0.4, 0.5) is 4.79 Å². The number of nitrogens with one attached hydrogen (secondary N) is 2. The first-order chi connectivity index (χ1) is 11.9. The SMILES string of the molecule is CC(C)(C)c1cnc(CNC(=O)NCc2nnc3n2CCCCC3)o1. The minimum Gasteiger partial charge on any atom is -0.443 e. The van der Waals surface area contributed by atoms with Gasteiger partial charge in [0, 0.05) is 18.4 Å². The van der Waals surface area contributed by atoms with Gasteiger partial charge in [-0.3, -0.25) is 0 Å². The molecule has 0 aromatic carbocycles. The van der Waals surface area contributed by atoms with Crippen molar-refractivity contribution in [2.45, 2.75) is 71.5 Å². The number of rotatable bonds is 4. The van der Waals surface area contributed by atoms with Crippen molar-refractivity contribution in [3.63, 3.8) is 0 Å². The Bertz CT molecular complexity index is 728. The second kappa shape index (κ2) is 7.25. The molecular formula is C17H26N6O2. The topological polar surface area (TPSA) is 97.9 Å². The number of oxazole rings is 1. The number of fused-ring (bicyclic) bond motifs is 1. The summed E-state index contributed by atoms with van der Waals surface area (Å²) < 4.78 is 7.78. The average molecular weight is 346 g/mol. The van der Waals surface area contributed by atoms with E-state index in [9.17, 15) is 4.79 Å². The Morgan fingerprint density at radius 1 is 1.20 bits per heavy atom. The lowest BCUT2D eigenvalue weighted by Crippen LogP contribution is -2.35. The van der Waals surface area contributed by atoms with Gasteiger partial charge in [0.15, 0.2) is 5.82 Å². The van der Waals surface area contributed by atoms with E-state index in [0.717, 1.165) is 43.2 Å². The summed E-state index contributed by atoms with van der Waals surface area (Å²) in [7, 11) is 0. The fourth-order valence-corrected chi connectivity index (χ4v) is 2.79. The summed E-state index contributed by atoms with van der Waals surface area (Å²) in [5.41, 5.74) is -0.0982. The summed E-state index contributed by atoms with van der Waals surface area (Å²) in [5, 5.41) is 14.0. The van der Waals surface area contributed by atoms with Gasteiger partial charge in [-0.05, 0) is 12.8 Å². The van der Waals surface area contributed by atoms with Gasteiger partial charge < -0.3 is 19.6 Å². The summed E-state index contributed by atoms with van der Waals surface area (Å²) in [6.07, 6.45) is 6.16. The molecule has 136 valence electrons. The zero-order valence-electron chi connectivity index (χ0n) is 15.1. The number of amides is 2. The van der Waals surface area contributed by atoms with Crippen LogP contribution in [-0.2, 0) is 31.5 Å². The second-order valence-electron chi connectivity index (χ2n) is 7.40. The third kappa shape index (κ3) is 4.37. The number of nitrogens with zero attached hydrogens (tertiary/aromatic N) is 4. The van der Waals surface area contributed by atoms with E-state index >= 15 is 0 Å². The van der Waals surface area contributed by atoms with Gasteiger partial charge in [-0.1, -0.05) is 27.2 Å². The van der Waals surface area contributed by atoms with Crippen LogP contribution in [0.5, 0.6) is 0 Å². The molecule has 1 aliphatic heterocycles. The number of hydrogen-bond acceptors (Lipinski definition) is 5. The van der Waals surface area contributed by atoms with Gasteiger partial charge in [-0.25, -0.2) is 9.78 Å². The molecule has 0 saturated carbocycles. The zero-order chi connectivity index (χ0) is 17.9. The fraction of sp³-hybridized carbons (Fsp3) is 0.647. The number of aromatic nitrogens is 4. The highest BCUT2D eigenvalue weighted by molar-refractivity contribution is 5.73. The van der Waals surface area contributed by atoms with Crippen molar-refractivity contribution < 1.29 is 9.21 Å². The molecule has 8 nitrogen and oxygen atoms in total. The fourth-order valence-electron chi connectivity index (χ4n) is 2.79. The van der Waals surface area contributed by atoms with Crippen molar-refractivity contribution in [3.05, 3.63) is 29.5 Å². The maximum Gasteiger partial charge on any atom is 0.315 e. The molecule has 8 heteroatoms. The maximum atomic E-state index is 12.0. The molecular weight excluding hydrogens is 320 g/mol. The van der Waals surface area contributed by atoms with Gasteiger partial charge >= 0.3 is 6.03 Å². The summed E-state index contributed by atoms with van der Waals surface area (Å²) in [6.45, 7) is 7.70. The van der Waals surface area contributed by atoms with Crippen molar-refractivity contribution in [2.24, 2.45) is 0 Å². The van der Waals surface area contributed by atoms with Crippen LogP contribution in [0, 0.1) is 0 Å². The molecule has 0 bridgehead atoms. The monoisotopic (exact) mass is 346 g/mol. The van der Waals surface area contributed by atoms with Crippen LogP contribution in [0.25, 0.3) is 0 Å². The lowest BCUT2D eigenvalue weighted by molar-refractivity contribution is 0.238. The van der Waals surface area contributed by atoms with E-state index in [4.69, 9.17) is 4.42 Å². The van der Waals surface area contributed by atoms with Gasteiger partial charge in [0.05, 0.1) is 19.3 Å². The van der Waals surface area contributed by atoms with E-state index in [1.165, 1.54) is 6.42 Å². The van der Waals surface area contributed by atoms with E-state index < -0.39 is 0 Å². The largest absolute Gasteiger partial charge is 0.443 e. The van der Waals surface area contributed by atoms with Crippen molar-refractivity contribution in [1.29, 1.82) is 0 Å². The van der Waals surface area contributed by atoms with E-state index in [1.807, 2.05) is 0 Å². The molecule has 0 spiro atoms. The number of hydrogen-bond donors (Lipinski definition) is 2. The number of urea groups is 1. The zero-order valence-corrected chi connectivity index (χ0v) is 15.1. The Hall–Kier alpha value is -2.38. The normalized spacial score (nSPS) is 14.7. The predicted octanol–water partition coefficient (Wildman–Crippen LogP) is 2.29. The Morgan fingerprint density at radius 2 is 2.00 bits per heavy atom. The highest BCUT2D eigenvalue weighted by atomic mass is 16.4. The van der Waals surface area contributed by atoms with Crippen molar-refractivity contribution in [3.8, 4) is 0 Å². The van der Waals surface area contributed by atoms with Crippen LogP contribution < -0.4 is 10.6 Å². The Labute approximate surface area is 147 Å². The molecule has 2 N–H and O–H groups in total. The molecule has 0 fully saturated rings. The summed E-state index contributed by atoms with van der Waals surface area (Å²) >= 11 is 0. The average Bonchev–Trinajstić information content (AvgIpc) is 3.12. The molecule has 0 saturated heterocycles. The molecule has 0 unspecified atom stereocenters. The van der Waals surface area contributed by atoms with E-state index in [0.29, 0.717) is 12.4 Å². The van der Waals surface area contributed by atoms with E-state index in [1.54, 1.807) is 6.20 Å². The van der Waals surface area contributed by atoms with Crippen molar-refractivity contribution in [2.75, 3.05) is 0 Å². The molecule has 2 aromatic heterocycles. The van der Waals surface area contributed by atoms with Crippen LogP contribution in [0.3, 0.4) is 0 Å². The van der Waals surface area contributed by atoms with Crippen molar-refractivity contribution in [1.82, 2.24) is 30.4 Å². The first-order valence-corrected chi connectivity index (χ1v) is 8.81. The van der Waals surface area contributed by atoms with Crippen molar-refractivity contribution >= 4 is 6.03 Å². The van der Waals surface area contributed by atoms with Gasteiger partial charge in [0.25, 0.3) is 0 Å². The van der Waals surface area contributed by atoms with Crippen LogP contribution in [0.1, 0.15) is 63.3 Å². The third-order valence-corrected chi connectivity index (χ3v) is 4.29. The lowest BCUT2D eigenvalue weighted by Gasteiger charge is -2.13. The highest BCUT2D eigenvalue weighted by Gasteiger charge is 2.19. The van der Waals surface area contributed by atoms with Crippen LogP contribution in [0.15, 0.2) is 10.6 Å². The number of aryl methyl sites for hydroxylation is 1. The Balaban J connectivity index is 1.49. The summed E-state index contributed by atoms with van der Waals surface area (Å²) in [6, 6.07) is -0.276. The Morgan fingerprint density at radius 3 is 2.76 bits per heavy atom. The van der Waals surface area contributed by atoms with Gasteiger partial charge in [0.2, 0.25) is 5.89 Å². The minimum absolute atomic E-state index is 0.0982. The predicted molar refractivity (Wildman–Crippen MR) is 91.9 cm³/mol. The van der Waals surface area contributed by atoms with E-state index in [2.05, 4.69) is 51.2 Å². The summed E-state index contributed by atoms with van der Waals surface area (Å²) in [5.74, 6) is 3.12. The van der Waals surface area contributed by atoms with Gasteiger partial charge in [-0.2, -0.15) is 0 Å². The highest BCUT2D eigenvalue weighted by Crippen LogP contribution is 2.22. The van der Waals surface area contributed by atoms with E-state index in [-0.39, 0.29) is 18.0 Å². The van der Waals surface area contributed by atoms with Gasteiger partial charge in [-0.15, -0.1) is 10.2 Å². The molecule has 0 radical (unpaired) electrons. The molecule has 0 atom stereocenters. The molecule has 1 aliphatic rings. The quantitative estimate of drug-likeness (QED) is 0.885. The number of carbonyl (C=O) groups excluding carboxylic acids is 1. The molecule has 0 aliphatic carbocycles. The molecule has 2 amide bonds. The first-order valence-electron chi connectivity index (χ1n) is 8.81. The molecule has 3 heterocycles. The van der Waals surface area contributed by atoms with Crippen LogP contribution in [0.2, 0.25) is 0 Å². The first kappa shape index (κ1) is 17.4. The Kier molecular flexibility index (Phi) is 5.06. The smallest absolute Gasteiger partial charge is 0.315 e. The molecule has 25 heavy (non-hydrogen) atoms. The molecule has 2 aromatic rings. The third-order valence-electron chi connectivity index (χ3n) is 4.29. The number of carbonyl (C=O) groups is 1. The van der Waals surface area contributed by atoms with Gasteiger partial charge in [0.1, 0.15) is 11.6 Å². The lowest BCUT2D eigenvalue weighted by atomic mass is 9.94. The minimum atomic E-state index is -0.276.